The highest BCUT2D eigenvalue weighted by atomic mass is 16.4. The number of nitrogens with one attached hydrogen (secondary N) is 2. The monoisotopic (exact) mass is 540 g/mol. The van der Waals surface area contributed by atoms with Crippen LogP contribution in [0, 0.1) is 6.92 Å². The van der Waals surface area contributed by atoms with Crippen molar-refractivity contribution in [3.8, 4) is 0 Å². The van der Waals surface area contributed by atoms with Gasteiger partial charge >= 0.3 is 5.97 Å². The van der Waals surface area contributed by atoms with Crippen molar-refractivity contribution in [2.45, 2.75) is 77.0 Å². The lowest BCUT2D eigenvalue weighted by molar-refractivity contribution is -0.136. The fraction of sp³-hybridized carbons (Fsp3) is 0.382. The fourth-order valence-corrected chi connectivity index (χ4v) is 5.58. The number of carboxylic acid groups (broad SMARTS) is 1. The van der Waals surface area contributed by atoms with Crippen molar-refractivity contribution in [1.29, 1.82) is 0 Å². The average molecular weight is 541 g/mol. The third-order valence-corrected chi connectivity index (χ3v) is 7.83. The molecule has 0 heterocycles. The number of carbonyl (C=O) groups excluding carboxylic acids is 2. The molecule has 6 heteroatoms. The second-order valence-electron chi connectivity index (χ2n) is 10.9. The summed E-state index contributed by atoms with van der Waals surface area (Å²) in [7, 11) is 0. The van der Waals surface area contributed by atoms with Crippen LogP contribution in [0.2, 0.25) is 0 Å². The van der Waals surface area contributed by atoms with E-state index in [0.717, 1.165) is 28.8 Å². The number of carbonyl (C=O) groups is 3. The van der Waals surface area contributed by atoms with Gasteiger partial charge in [0.2, 0.25) is 5.91 Å². The first-order chi connectivity index (χ1) is 19.3. The maximum absolute atomic E-state index is 13.7. The van der Waals surface area contributed by atoms with E-state index in [0.29, 0.717) is 17.9 Å². The Kier molecular flexibility index (Phi) is 10.1. The molecule has 1 fully saturated rings. The maximum Gasteiger partial charge on any atom is 0.305 e. The zero-order valence-corrected chi connectivity index (χ0v) is 23.5. The number of hydrogen-bond donors (Lipinski definition) is 3. The molecule has 1 atom stereocenters. The average Bonchev–Trinajstić information content (AvgIpc) is 2.96. The SMILES string of the molecule is CCc1cc(C)cc(NC(=O)C(Cc2ccc(C(=O)NCCC(=O)O)cc2)c2ccc(C3CCCCC3)cc2)c1. The van der Waals surface area contributed by atoms with Crippen molar-refractivity contribution in [3.05, 3.63) is 100 Å². The minimum Gasteiger partial charge on any atom is -0.481 e. The first kappa shape index (κ1) is 29.1. The molecule has 2 amide bonds. The van der Waals surface area contributed by atoms with Gasteiger partial charge in [-0.2, -0.15) is 0 Å². The highest BCUT2D eigenvalue weighted by Gasteiger charge is 2.23. The summed E-state index contributed by atoms with van der Waals surface area (Å²) < 4.78 is 0. The molecule has 1 aliphatic carbocycles. The molecule has 3 N–H and O–H groups in total. The van der Waals surface area contributed by atoms with Gasteiger partial charge in [0, 0.05) is 17.8 Å². The van der Waals surface area contributed by atoms with E-state index in [2.05, 4.69) is 47.9 Å². The molecule has 0 aromatic heterocycles. The fourth-order valence-electron chi connectivity index (χ4n) is 5.58. The summed E-state index contributed by atoms with van der Waals surface area (Å²) >= 11 is 0. The normalized spacial score (nSPS) is 14.3. The zero-order chi connectivity index (χ0) is 28.5. The third kappa shape index (κ3) is 8.04. The van der Waals surface area contributed by atoms with E-state index in [1.807, 2.05) is 31.2 Å². The number of aryl methyl sites for hydroxylation is 2. The summed E-state index contributed by atoms with van der Waals surface area (Å²) in [5, 5.41) is 14.6. The number of aliphatic carboxylic acids is 1. The van der Waals surface area contributed by atoms with Gasteiger partial charge in [0.05, 0.1) is 12.3 Å². The van der Waals surface area contributed by atoms with Crippen molar-refractivity contribution < 1.29 is 19.5 Å². The maximum atomic E-state index is 13.7. The van der Waals surface area contributed by atoms with Gasteiger partial charge < -0.3 is 15.7 Å². The highest BCUT2D eigenvalue weighted by Crippen LogP contribution is 2.34. The van der Waals surface area contributed by atoms with Gasteiger partial charge in [0.1, 0.15) is 0 Å². The van der Waals surface area contributed by atoms with E-state index in [9.17, 15) is 14.4 Å². The van der Waals surface area contributed by atoms with Crippen molar-refractivity contribution >= 4 is 23.5 Å². The highest BCUT2D eigenvalue weighted by molar-refractivity contribution is 5.96. The Morgan fingerprint density at radius 3 is 2.25 bits per heavy atom. The Morgan fingerprint density at radius 2 is 1.60 bits per heavy atom. The molecular weight excluding hydrogens is 500 g/mol. The first-order valence-corrected chi connectivity index (χ1v) is 14.4. The molecular formula is C34H40N2O4. The second-order valence-corrected chi connectivity index (χ2v) is 10.9. The smallest absolute Gasteiger partial charge is 0.305 e. The first-order valence-electron chi connectivity index (χ1n) is 14.4. The molecule has 1 aliphatic rings. The Balaban J connectivity index is 1.54. The molecule has 0 radical (unpaired) electrons. The molecule has 40 heavy (non-hydrogen) atoms. The molecule has 0 aliphatic heterocycles. The molecule has 6 nitrogen and oxygen atoms in total. The number of anilines is 1. The summed E-state index contributed by atoms with van der Waals surface area (Å²) in [6.07, 6.45) is 7.59. The summed E-state index contributed by atoms with van der Waals surface area (Å²) in [6, 6.07) is 21.9. The van der Waals surface area contributed by atoms with Crippen molar-refractivity contribution in [2.24, 2.45) is 0 Å². The number of benzene rings is 3. The Morgan fingerprint density at radius 1 is 0.900 bits per heavy atom. The van der Waals surface area contributed by atoms with Crippen LogP contribution < -0.4 is 10.6 Å². The molecule has 3 aromatic rings. The van der Waals surface area contributed by atoms with Gasteiger partial charge in [-0.1, -0.05) is 68.7 Å². The summed E-state index contributed by atoms with van der Waals surface area (Å²) in [5.41, 5.74) is 6.82. The van der Waals surface area contributed by atoms with Crippen molar-refractivity contribution in [1.82, 2.24) is 5.32 Å². The Bertz CT molecular complexity index is 1310. The predicted molar refractivity (Wildman–Crippen MR) is 159 cm³/mol. The van der Waals surface area contributed by atoms with Crippen molar-refractivity contribution in [2.75, 3.05) is 11.9 Å². The van der Waals surface area contributed by atoms with Gasteiger partial charge in [-0.05, 0) is 90.6 Å². The van der Waals surface area contributed by atoms with E-state index in [-0.39, 0.29) is 24.8 Å². The summed E-state index contributed by atoms with van der Waals surface area (Å²) in [6.45, 7) is 4.22. The molecule has 0 spiro atoms. The lowest BCUT2D eigenvalue weighted by atomic mass is 9.83. The van der Waals surface area contributed by atoms with Gasteiger partial charge in [-0.25, -0.2) is 0 Å². The topological polar surface area (TPSA) is 95.5 Å². The minimum absolute atomic E-state index is 0.0615. The van der Waals surface area contributed by atoms with E-state index in [1.165, 1.54) is 43.2 Å². The predicted octanol–water partition coefficient (Wildman–Crippen LogP) is 6.77. The number of carboxylic acids is 1. The second kappa shape index (κ2) is 13.9. The van der Waals surface area contributed by atoms with E-state index in [1.54, 1.807) is 12.1 Å². The van der Waals surface area contributed by atoms with Crippen LogP contribution in [0.1, 0.15) is 95.5 Å². The number of rotatable bonds is 11. The molecule has 210 valence electrons. The van der Waals surface area contributed by atoms with E-state index < -0.39 is 11.9 Å². The van der Waals surface area contributed by atoms with Crippen LogP contribution in [0.3, 0.4) is 0 Å². The largest absolute Gasteiger partial charge is 0.481 e. The molecule has 0 bridgehead atoms. The van der Waals surface area contributed by atoms with Gasteiger partial charge in [0.15, 0.2) is 0 Å². The lowest BCUT2D eigenvalue weighted by Gasteiger charge is -2.23. The lowest BCUT2D eigenvalue weighted by Crippen LogP contribution is -2.26. The Labute approximate surface area is 237 Å². The number of hydrogen-bond acceptors (Lipinski definition) is 3. The minimum atomic E-state index is -0.955. The van der Waals surface area contributed by atoms with Gasteiger partial charge in [-0.3, -0.25) is 14.4 Å². The third-order valence-electron chi connectivity index (χ3n) is 7.83. The quantitative estimate of drug-likeness (QED) is 0.250. The van der Waals surface area contributed by atoms with Crippen LogP contribution >= 0.6 is 0 Å². The van der Waals surface area contributed by atoms with Crippen LogP contribution in [0.15, 0.2) is 66.7 Å². The molecule has 0 saturated heterocycles. The Hall–Kier alpha value is -3.93. The van der Waals surface area contributed by atoms with Crippen LogP contribution in [0.25, 0.3) is 0 Å². The van der Waals surface area contributed by atoms with Crippen LogP contribution in [-0.4, -0.2) is 29.4 Å². The number of amides is 2. The van der Waals surface area contributed by atoms with Crippen molar-refractivity contribution in [3.63, 3.8) is 0 Å². The molecule has 1 unspecified atom stereocenters. The van der Waals surface area contributed by atoms with Crippen LogP contribution in [0.4, 0.5) is 5.69 Å². The zero-order valence-electron chi connectivity index (χ0n) is 23.5. The van der Waals surface area contributed by atoms with Crippen LogP contribution in [0.5, 0.6) is 0 Å². The summed E-state index contributed by atoms with van der Waals surface area (Å²) in [5.74, 6) is -1.13. The summed E-state index contributed by atoms with van der Waals surface area (Å²) in [4.78, 5) is 36.8. The van der Waals surface area contributed by atoms with Gasteiger partial charge in [0.25, 0.3) is 5.91 Å². The molecule has 3 aromatic carbocycles. The van der Waals surface area contributed by atoms with E-state index >= 15 is 0 Å². The van der Waals surface area contributed by atoms with Crippen LogP contribution in [-0.2, 0) is 22.4 Å². The standard InChI is InChI=1S/C34H40N2O4/c1-3-24-19-23(2)20-30(21-24)36-34(40)31(28-15-13-27(14-16-28)26-7-5-4-6-8-26)22-25-9-11-29(12-10-25)33(39)35-18-17-32(37)38/h9-16,19-21,26,31H,3-8,17-18,22H2,1-2H3,(H,35,39)(H,36,40)(H,37,38). The van der Waals surface area contributed by atoms with E-state index in [4.69, 9.17) is 5.11 Å². The van der Waals surface area contributed by atoms with Gasteiger partial charge in [-0.15, -0.1) is 0 Å². The molecule has 4 rings (SSSR count). The molecule has 1 saturated carbocycles.